The zero-order valence-corrected chi connectivity index (χ0v) is 10.9. The normalized spacial score (nSPS) is 15.4. The number of amidine groups is 2. The zero-order chi connectivity index (χ0) is 13.2. The minimum absolute atomic E-state index is 0.666. The molecule has 94 valence electrons. The van der Waals surface area contributed by atoms with Gasteiger partial charge in [0.05, 0.1) is 11.1 Å². The highest BCUT2D eigenvalue weighted by Gasteiger charge is 2.23. The van der Waals surface area contributed by atoms with Crippen molar-refractivity contribution < 1.29 is 4.99 Å². The van der Waals surface area contributed by atoms with Gasteiger partial charge >= 0.3 is 0 Å². The molecule has 0 atom stereocenters. The Balaban J connectivity index is 2.01. The minimum Gasteiger partial charge on any atom is -0.318 e. The second-order valence-electron chi connectivity index (χ2n) is 4.56. The number of benzene rings is 2. The van der Waals surface area contributed by atoms with Gasteiger partial charge in [-0.1, -0.05) is 31.2 Å². The quantitative estimate of drug-likeness (QED) is 0.824. The lowest BCUT2D eigenvalue weighted by molar-refractivity contribution is -0.311. The van der Waals surface area contributed by atoms with E-state index >= 15 is 0 Å². The van der Waals surface area contributed by atoms with Crippen LogP contribution in [-0.2, 0) is 6.42 Å². The Hall–Kier alpha value is -2.42. The van der Waals surface area contributed by atoms with Crippen LogP contribution in [0.5, 0.6) is 0 Å². The van der Waals surface area contributed by atoms with E-state index in [0.29, 0.717) is 5.84 Å². The fraction of sp³-hybridized carbons (Fsp3) is 0.125. The molecule has 0 aliphatic carbocycles. The topological polar surface area (TPSA) is 52.3 Å². The molecule has 0 radical (unpaired) electrons. The van der Waals surface area contributed by atoms with Crippen LogP contribution >= 0.6 is 0 Å². The molecule has 1 heterocycles. The largest absolute Gasteiger partial charge is 0.318 e. The lowest BCUT2D eigenvalue weighted by atomic mass is 10.1. The molecule has 3 nitrogen and oxygen atoms in total. The molecule has 0 saturated carbocycles. The first-order valence-electron chi connectivity index (χ1n) is 6.45. The summed E-state index contributed by atoms with van der Waals surface area (Å²) in [5.74, 6) is 1.48. The first-order chi connectivity index (χ1) is 9.28. The van der Waals surface area contributed by atoms with E-state index in [0.717, 1.165) is 29.1 Å². The maximum Gasteiger partial charge on any atom is 0.269 e. The molecule has 0 aromatic heterocycles. The van der Waals surface area contributed by atoms with Crippen molar-refractivity contribution in [3.8, 4) is 0 Å². The lowest BCUT2D eigenvalue weighted by Gasteiger charge is -1.96. The summed E-state index contributed by atoms with van der Waals surface area (Å²) in [6.45, 7) is 2.14. The molecule has 19 heavy (non-hydrogen) atoms. The highest BCUT2D eigenvalue weighted by Crippen LogP contribution is 2.16. The van der Waals surface area contributed by atoms with E-state index in [9.17, 15) is 0 Å². The molecule has 0 fully saturated rings. The predicted octanol–water partition coefficient (Wildman–Crippen LogP) is 1.13. The molecule has 3 N–H and O–H groups in total. The second kappa shape index (κ2) is 4.69. The first kappa shape index (κ1) is 11.7. The number of nitrogens with zero attached hydrogens (tertiary/aromatic N) is 1. The highest BCUT2D eigenvalue weighted by atomic mass is 15.0. The molecule has 0 spiro atoms. The Kier molecular flexibility index (Phi) is 2.88. The van der Waals surface area contributed by atoms with Crippen molar-refractivity contribution in [1.82, 2.24) is 0 Å². The van der Waals surface area contributed by atoms with Crippen molar-refractivity contribution in [2.75, 3.05) is 0 Å². The van der Waals surface area contributed by atoms with Gasteiger partial charge in [0.2, 0.25) is 5.84 Å². The summed E-state index contributed by atoms with van der Waals surface area (Å²) in [7, 11) is 0. The second-order valence-corrected chi connectivity index (χ2v) is 4.56. The zero-order valence-electron chi connectivity index (χ0n) is 10.9. The minimum atomic E-state index is 0.666. The van der Waals surface area contributed by atoms with E-state index in [4.69, 9.17) is 5.73 Å². The van der Waals surface area contributed by atoms with E-state index in [1.807, 2.05) is 36.4 Å². The van der Waals surface area contributed by atoms with Crippen LogP contribution in [0.2, 0.25) is 0 Å². The molecule has 3 rings (SSSR count). The van der Waals surface area contributed by atoms with Crippen molar-refractivity contribution in [3.05, 3.63) is 65.2 Å². The van der Waals surface area contributed by atoms with Crippen molar-refractivity contribution in [3.63, 3.8) is 0 Å². The fourth-order valence-electron chi connectivity index (χ4n) is 2.21. The number of rotatable bonds is 2. The Morgan fingerprint density at radius 1 is 1.00 bits per heavy atom. The maximum absolute atomic E-state index is 5.96. The standard InChI is InChI=1S/C16H15N3/c1-2-11-7-9-12(10-8-11)18-16-14-6-4-3-5-13(14)15(17)19-16/h3-10H,2H2,1H3,(H2,17,18,19)/p+1. The molecule has 3 heteroatoms. The third-order valence-corrected chi connectivity index (χ3v) is 3.31. The van der Waals surface area contributed by atoms with Crippen molar-refractivity contribution in [2.45, 2.75) is 13.3 Å². The van der Waals surface area contributed by atoms with E-state index < -0.39 is 0 Å². The molecule has 0 unspecified atom stereocenters. The van der Waals surface area contributed by atoms with Crippen LogP contribution in [0.1, 0.15) is 23.6 Å². The molecular formula is C16H16N3+. The summed E-state index contributed by atoms with van der Waals surface area (Å²) in [5, 5.41) is 0. The Morgan fingerprint density at radius 2 is 1.68 bits per heavy atom. The number of fused-ring (bicyclic) bond motifs is 1. The smallest absolute Gasteiger partial charge is 0.269 e. The number of hydrogen-bond donors (Lipinski definition) is 2. The van der Waals surface area contributed by atoms with Crippen LogP contribution in [0.3, 0.4) is 0 Å². The monoisotopic (exact) mass is 250 g/mol. The predicted molar refractivity (Wildman–Crippen MR) is 77.7 cm³/mol. The average molecular weight is 250 g/mol. The molecule has 1 aliphatic rings. The van der Waals surface area contributed by atoms with Gasteiger partial charge in [0.25, 0.3) is 5.84 Å². The number of hydrogen-bond acceptors (Lipinski definition) is 2. The summed E-state index contributed by atoms with van der Waals surface area (Å²) in [4.78, 5) is 7.77. The van der Waals surface area contributed by atoms with Gasteiger partial charge in [0, 0.05) is 0 Å². The van der Waals surface area contributed by atoms with Gasteiger partial charge in [0.15, 0.2) is 0 Å². The third-order valence-electron chi connectivity index (χ3n) is 3.31. The van der Waals surface area contributed by atoms with Crippen molar-refractivity contribution >= 4 is 17.4 Å². The van der Waals surface area contributed by atoms with Crippen LogP contribution in [0.4, 0.5) is 5.69 Å². The molecular weight excluding hydrogens is 234 g/mol. The van der Waals surface area contributed by atoms with E-state index in [1.54, 1.807) is 0 Å². The Bertz CT molecular complexity index is 667. The van der Waals surface area contributed by atoms with E-state index in [2.05, 4.69) is 29.0 Å². The number of aliphatic imine (C=N–C) groups is 1. The van der Waals surface area contributed by atoms with Crippen LogP contribution in [-0.4, -0.2) is 11.7 Å². The summed E-state index contributed by atoms with van der Waals surface area (Å²) in [6.07, 6.45) is 1.04. The maximum atomic E-state index is 5.96. The van der Waals surface area contributed by atoms with Gasteiger partial charge in [-0.25, -0.2) is 4.99 Å². The Morgan fingerprint density at radius 3 is 2.37 bits per heavy atom. The molecule has 0 bridgehead atoms. The summed E-state index contributed by atoms with van der Waals surface area (Å²) < 4.78 is 0. The van der Waals surface area contributed by atoms with Gasteiger partial charge in [-0.2, -0.15) is 0 Å². The van der Waals surface area contributed by atoms with Crippen LogP contribution < -0.4 is 10.7 Å². The third kappa shape index (κ3) is 2.15. The summed E-state index contributed by atoms with van der Waals surface area (Å²) in [6, 6.07) is 16.3. The molecule has 2 aromatic carbocycles. The van der Waals surface area contributed by atoms with Gasteiger partial charge < -0.3 is 5.73 Å². The van der Waals surface area contributed by atoms with Gasteiger partial charge in [0.1, 0.15) is 5.69 Å². The van der Waals surface area contributed by atoms with Gasteiger partial charge in [-0.05, 0) is 36.2 Å². The molecule has 1 aliphatic heterocycles. The van der Waals surface area contributed by atoms with Gasteiger partial charge in [-0.3, -0.25) is 0 Å². The van der Waals surface area contributed by atoms with Crippen molar-refractivity contribution in [1.29, 1.82) is 0 Å². The lowest BCUT2D eigenvalue weighted by Crippen LogP contribution is -2.76. The van der Waals surface area contributed by atoms with E-state index in [1.165, 1.54) is 5.56 Å². The molecule has 2 aromatic rings. The fourth-order valence-corrected chi connectivity index (χ4v) is 2.21. The highest BCUT2D eigenvalue weighted by molar-refractivity contribution is 6.12. The average Bonchev–Trinajstić information content (AvgIpc) is 2.77. The number of nitrogens with one attached hydrogen (secondary N) is 1. The number of nitrogen functional groups attached to an aromatic ring is 1. The molecule has 0 saturated heterocycles. The Labute approximate surface area is 112 Å². The SMILES string of the molecule is CCc1ccc(N=C2[NH+]=C(N)c3ccccc32)cc1. The summed E-state index contributed by atoms with van der Waals surface area (Å²) >= 11 is 0. The molecule has 0 amide bonds. The van der Waals surface area contributed by atoms with Crippen LogP contribution in [0, 0.1) is 0 Å². The van der Waals surface area contributed by atoms with Crippen LogP contribution in [0.25, 0.3) is 0 Å². The first-order valence-corrected chi connectivity index (χ1v) is 6.45. The van der Waals surface area contributed by atoms with Crippen molar-refractivity contribution in [2.24, 2.45) is 10.7 Å². The number of nitrogens with two attached hydrogens (primary N) is 1. The van der Waals surface area contributed by atoms with E-state index in [-0.39, 0.29) is 0 Å². The number of aryl methyl sites for hydroxylation is 1. The summed E-state index contributed by atoms with van der Waals surface area (Å²) in [5.41, 5.74) is 10.3. The van der Waals surface area contributed by atoms with Crippen LogP contribution in [0.15, 0.2) is 53.5 Å². The van der Waals surface area contributed by atoms with Gasteiger partial charge in [-0.15, -0.1) is 4.99 Å².